The second kappa shape index (κ2) is 6.97. The SMILES string of the molecule is Cc1nc(-c2ccccc2)sc1[C@H](C)N(C)C(=O)Cn1ccnc1. The van der Waals surface area contributed by atoms with Gasteiger partial charge in [-0.15, -0.1) is 11.3 Å². The second-order valence-electron chi connectivity index (χ2n) is 5.75. The molecule has 0 unspecified atom stereocenters. The van der Waals surface area contributed by atoms with Crippen LogP contribution in [0.15, 0.2) is 49.1 Å². The van der Waals surface area contributed by atoms with Crippen molar-refractivity contribution < 1.29 is 4.79 Å². The molecule has 5 nitrogen and oxygen atoms in total. The first-order valence-corrected chi connectivity index (χ1v) is 8.62. The van der Waals surface area contributed by atoms with E-state index in [9.17, 15) is 4.79 Å². The van der Waals surface area contributed by atoms with Gasteiger partial charge in [-0.25, -0.2) is 9.97 Å². The van der Waals surface area contributed by atoms with E-state index in [2.05, 4.69) is 22.1 Å². The van der Waals surface area contributed by atoms with Crippen LogP contribution in [0, 0.1) is 6.92 Å². The Morgan fingerprint density at radius 1 is 1.33 bits per heavy atom. The van der Waals surface area contributed by atoms with Crippen LogP contribution >= 0.6 is 11.3 Å². The third-order valence-electron chi connectivity index (χ3n) is 4.08. The molecule has 1 amide bonds. The molecule has 0 saturated carbocycles. The van der Waals surface area contributed by atoms with E-state index in [1.165, 1.54) is 0 Å². The van der Waals surface area contributed by atoms with Gasteiger partial charge >= 0.3 is 0 Å². The Kier molecular flexibility index (Phi) is 4.76. The molecule has 0 N–H and O–H groups in total. The summed E-state index contributed by atoms with van der Waals surface area (Å²) in [5.41, 5.74) is 2.09. The van der Waals surface area contributed by atoms with Crippen molar-refractivity contribution >= 4 is 17.2 Å². The molecule has 0 aliphatic carbocycles. The first kappa shape index (κ1) is 16.4. The van der Waals surface area contributed by atoms with Gasteiger partial charge in [-0.05, 0) is 13.8 Å². The summed E-state index contributed by atoms with van der Waals surface area (Å²) in [6, 6.07) is 10.1. The van der Waals surface area contributed by atoms with Crippen molar-refractivity contribution in [1.82, 2.24) is 19.4 Å². The summed E-state index contributed by atoms with van der Waals surface area (Å²) in [6.45, 7) is 4.34. The van der Waals surface area contributed by atoms with E-state index < -0.39 is 0 Å². The number of thiazole rings is 1. The Hall–Kier alpha value is -2.47. The molecule has 0 aliphatic rings. The summed E-state index contributed by atoms with van der Waals surface area (Å²) in [5, 5.41) is 0.991. The van der Waals surface area contributed by atoms with E-state index >= 15 is 0 Å². The van der Waals surface area contributed by atoms with E-state index in [0.717, 1.165) is 21.1 Å². The Morgan fingerprint density at radius 2 is 2.08 bits per heavy atom. The lowest BCUT2D eigenvalue weighted by atomic mass is 10.2. The van der Waals surface area contributed by atoms with Gasteiger partial charge in [0.05, 0.1) is 22.9 Å². The number of amides is 1. The predicted octanol–water partition coefficient (Wildman–Crippen LogP) is 3.53. The number of nitrogens with zero attached hydrogens (tertiary/aromatic N) is 4. The van der Waals surface area contributed by atoms with Gasteiger partial charge in [0, 0.05) is 25.0 Å². The van der Waals surface area contributed by atoms with E-state index in [1.807, 2.05) is 39.1 Å². The molecule has 6 heteroatoms. The van der Waals surface area contributed by atoms with E-state index in [0.29, 0.717) is 6.54 Å². The van der Waals surface area contributed by atoms with Gasteiger partial charge in [-0.1, -0.05) is 30.3 Å². The monoisotopic (exact) mass is 340 g/mol. The van der Waals surface area contributed by atoms with Gasteiger partial charge in [0.25, 0.3) is 0 Å². The number of likely N-dealkylation sites (N-methyl/N-ethyl adjacent to an activating group) is 1. The number of benzene rings is 1. The third-order valence-corrected chi connectivity index (χ3v) is 5.46. The number of aryl methyl sites for hydroxylation is 1. The maximum absolute atomic E-state index is 12.5. The van der Waals surface area contributed by atoms with Gasteiger partial charge in [-0.2, -0.15) is 0 Å². The molecule has 2 heterocycles. The number of imidazole rings is 1. The zero-order valence-corrected chi connectivity index (χ0v) is 14.8. The highest BCUT2D eigenvalue weighted by molar-refractivity contribution is 7.15. The maximum atomic E-state index is 12.5. The number of carbonyl (C=O) groups is 1. The van der Waals surface area contributed by atoms with Crippen LogP contribution in [-0.2, 0) is 11.3 Å². The van der Waals surface area contributed by atoms with Crippen molar-refractivity contribution in [2.45, 2.75) is 26.4 Å². The largest absolute Gasteiger partial charge is 0.337 e. The summed E-state index contributed by atoms with van der Waals surface area (Å²) in [6.07, 6.45) is 5.12. The summed E-state index contributed by atoms with van der Waals surface area (Å²) >= 11 is 1.65. The zero-order chi connectivity index (χ0) is 17.1. The molecule has 0 saturated heterocycles. The molecule has 0 spiro atoms. The van der Waals surface area contributed by atoms with Gasteiger partial charge < -0.3 is 9.47 Å². The standard InChI is InChI=1S/C18H20N4OS/c1-13-17(24-18(20-13)15-7-5-4-6-8-15)14(2)21(3)16(23)11-22-10-9-19-12-22/h4-10,12,14H,11H2,1-3H3/t14-/m0/s1. The van der Waals surface area contributed by atoms with Crippen LogP contribution in [0.25, 0.3) is 10.6 Å². The van der Waals surface area contributed by atoms with Crippen LogP contribution in [-0.4, -0.2) is 32.4 Å². The zero-order valence-electron chi connectivity index (χ0n) is 14.0. The molecule has 0 aliphatic heterocycles. The molecule has 0 fully saturated rings. The van der Waals surface area contributed by atoms with Crippen LogP contribution in [0.5, 0.6) is 0 Å². The number of aromatic nitrogens is 3. The lowest BCUT2D eigenvalue weighted by molar-refractivity contribution is -0.132. The highest BCUT2D eigenvalue weighted by atomic mass is 32.1. The minimum atomic E-state index is -0.0176. The van der Waals surface area contributed by atoms with E-state index in [-0.39, 0.29) is 11.9 Å². The van der Waals surface area contributed by atoms with Gasteiger partial charge in [0.15, 0.2) is 0 Å². The predicted molar refractivity (Wildman–Crippen MR) is 95.7 cm³/mol. The summed E-state index contributed by atoms with van der Waals surface area (Å²) in [4.78, 5) is 24.0. The van der Waals surface area contributed by atoms with Crippen LogP contribution in [0.4, 0.5) is 0 Å². The normalized spacial score (nSPS) is 12.1. The average molecular weight is 340 g/mol. The number of hydrogen-bond acceptors (Lipinski definition) is 4. The molecule has 3 aromatic rings. The van der Waals surface area contributed by atoms with Crippen LogP contribution < -0.4 is 0 Å². The fourth-order valence-corrected chi connectivity index (χ4v) is 3.71. The minimum absolute atomic E-state index is 0.0176. The maximum Gasteiger partial charge on any atom is 0.242 e. The Labute approximate surface area is 145 Å². The second-order valence-corrected chi connectivity index (χ2v) is 6.78. The Balaban J connectivity index is 1.78. The van der Waals surface area contributed by atoms with Gasteiger partial charge in [0.2, 0.25) is 5.91 Å². The summed E-state index contributed by atoms with van der Waals surface area (Å²) in [7, 11) is 1.84. The molecule has 0 bridgehead atoms. The topological polar surface area (TPSA) is 51.0 Å². The fourth-order valence-electron chi connectivity index (χ4n) is 2.54. The van der Waals surface area contributed by atoms with Crippen LogP contribution in [0.2, 0.25) is 0 Å². The van der Waals surface area contributed by atoms with Crippen molar-refractivity contribution in [3.05, 3.63) is 59.6 Å². The molecule has 1 atom stereocenters. The molecule has 0 radical (unpaired) electrons. The van der Waals surface area contributed by atoms with Crippen molar-refractivity contribution in [3.63, 3.8) is 0 Å². The Morgan fingerprint density at radius 3 is 2.75 bits per heavy atom. The van der Waals surface area contributed by atoms with Crippen molar-refractivity contribution in [3.8, 4) is 10.6 Å². The first-order chi connectivity index (χ1) is 11.6. The number of rotatable bonds is 5. The lowest BCUT2D eigenvalue weighted by Crippen LogP contribution is -2.32. The highest BCUT2D eigenvalue weighted by Gasteiger charge is 2.22. The molecular formula is C18H20N4OS. The number of carbonyl (C=O) groups excluding carboxylic acids is 1. The molecule has 1 aromatic carbocycles. The van der Waals surface area contributed by atoms with Crippen molar-refractivity contribution in [2.75, 3.05) is 7.05 Å². The molecule has 2 aromatic heterocycles. The molecule has 24 heavy (non-hydrogen) atoms. The van der Waals surface area contributed by atoms with E-state index in [1.54, 1.807) is 39.5 Å². The lowest BCUT2D eigenvalue weighted by Gasteiger charge is -2.24. The molecule has 124 valence electrons. The van der Waals surface area contributed by atoms with Gasteiger partial charge in [-0.3, -0.25) is 4.79 Å². The van der Waals surface area contributed by atoms with Crippen LogP contribution in [0.1, 0.15) is 23.5 Å². The quantitative estimate of drug-likeness (QED) is 0.714. The number of hydrogen-bond donors (Lipinski definition) is 0. The van der Waals surface area contributed by atoms with E-state index in [4.69, 9.17) is 0 Å². The smallest absolute Gasteiger partial charge is 0.242 e. The molecular weight excluding hydrogens is 320 g/mol. The van der Waals surface area contributed by atoms with Crippen molar-refractivity contribution in [1.29, 1.82) is 0 Å². The highest BCUT2D eigenvalue weighted by Crippen LogP contribution is 2.33. The van der Waals surface area contributed by atoms with Gasteiger partial charge in [0.1, 0.15) is 11.6 Å². The average Bonchev–Trinajstić information content (AvgIpc) is 3.24. The first-order valence-electron chi connectivity index (χ1n) is 7.80. The Bertz CT molecular complexity index is 811. The van der Waals surface area contributed by atoms with Crippen LogP contribution in [0.3, 0.4) is 0 Å². The third kappa shape index (κ3) is 3.38. The molecule has 3 rings (SSSR count). The minimum Gasteiger partial charge on any atom is -0.337 e. The fraction of sp³-hybridized carbons (Fsp3) is 0.278. The van der Waals surface area contributed by atoms with Crippen molar-refractivity contribution in [2.24, 2.45) is 0 Å². The summed E-state index contributed by atoms with van der Waals surface area (Å²) < 4.78 is 1.78. The summed E-state index contributed by atoms with van der Waals surface area (Å²) in [5.74, 6) is 0.0505.